The van der Waals surface area contributed by atoms with Crippen molar-refractivity contribution in [3.8, 4) is 11.5 Å². The molecule has 29 heavy (non-hydrogen) atoms. The van der Waals surface area contributed by atoms with Crippen LogP contribution in [0.2, 0.25) is 0 Å². The predicted molar refractivity (Wildman–Crippen MR) is 114 cm³/mol. The highest BCUT2D eigenvalue weighted by Gasteiger charge is 2.21. The Hall–Kier alpha value is -3.02. The molecule has 2 aromatic carbocycles. The van der Waals surface area contributed by atoms with Crippen LogP contribution in [-0.2, 0) is 9.59 Å². The summed E-state index contributed by atoms with van der Waals surface area (Å²) >= 11 is 0. The van der Waals surface area contributed by atoms with Crippen LogP contribution in [0.1, 0.15) is 37.7 Å². The van der Waals surface area contributed by atoms with Crippen LogP contribution in [0.4, 0.5) is 11.4 Å². The van der Waals surface area contributed by atoms with Crippen LogP contribution in [-0.4, -0.2) is 25.5 Å². The molecule has 0 radical (unpaired) electrons. The number of nitrogens with one attached hydrogen (secondary N) is 2. The van der Waals surface area contributed by atoms with Gasteiger partial charge in [-0.3, -0.25) is 9.59 Å². The number of carbonyl (C=O) groups excluding carboxylic acids is 2. The summed E-state index contributed by atoms with van der Waals surface area (Å²) in [4.78, 5) is 24.7. The van der Waals surface area contributed by atoms with E-state index >= 15 is 0 Å². The van der Waals surface area contributed by atoms with Gasteiger partial charge in [-0.15, -0.1) is 0 Å². The highest BCUT2D eigenvalue weighted by molar-refractivity contribution is 5.95. The minimum atomic E-state index is -0.289. The zero-order valence-electron chi connectivity index (χ0n) is 17.0. The Bertz CT molecular complexity index is 860. The maximum absolute atomic E-state index is 12.4. The molecule has 0 atom stereocenters. The summed E-state index contributed by atoms with van der Waals surface area (Å²) in [5.41, 5.74) is 2.33. The quantitative estimate of drug-likeness (QED) is 0.720. The topological polar surface area (TPSA) is 76.7 Å². The average Bonchev–Trinajstić information content (AvgIpc) is 2.73. The first-order valence-corrected chi connectivity index (χ1v) is 10.0. The first-order chi connectivity index (χ1) is 14.0. The minimum absolute atomic E-state index is 0.0583. The van der Waals surface area contributed by atoms with E-state index in [0.29, 0.717) is 22.9 Å². The van der Waals surface area contributed by atoms with Crippen LogP contribution < -0.4 is 20.1 Å². The van der Waals surface area contributed by atoms with Crippen LogP contribution in [0, 0.1) is 12.8 Å². The molecule has 0 bridgehead atoms. The molecule has 0 aromatic heterocycles. The zero-order chi connectivity index (χ0) is 20.6. The standard InChI is InChI=1S/C23H28N2O4/c1-16-11-12-20(21(13-16)28-2)29-15-22(26)24-18-9-6-10-19(14-18)25-23(27)17-7-4-3-5-8-17/h6,9-14,17H,3-5,7-8,15H2,1-2H3,(H,24,26)(H,25,27). The van der Waals surface area contributed by atoms with Crippen molar-refractivity contribution in [1.29, 1.82) is 0 Å². The summed E-state index contributed by atoms with van der Waals surface area (Å²) in [5, 5.41) is 5.76. The largest absolute Gasteiger partial charge is 0.493 e. The van der Waals surface area contributed by atoms with E-state index < -0.39 is 0 Å². The average molecular weight is 396 g/mol. The molecule has 6 nitrogen and oxygen atoms in total. The van der Waals surface area contributed by atoms with E-state index in [9.17, 15) is 9.59 Å². The summed E-state index contributed by atoms with van der Waals surface area (Å²) in [6.07, 6.45) is 5.33. The SMILES string of the molecule is COc1cc(C)ccc1OCC(=O)Nc1cccc(NC(=O)C2CCCCC2)c1. The first kappa shape index (κ1) is 20.7. The number of hydrogen-bond donors (Lipinski definition) is 2. The molecule has 2 amide bonds. The molecule has 0 spiro atoms. The molecule has 1 saturated carbocycles. The molecule has 154 valence electrons. The van der Waals surface area contributed by atoms with Gasteiger partial charge in [0.2, 0.25) is 5.91 Å². The lowest BCUT2D eigenvalue weighted by Crippen LogP contribution is -2.25. The van der Waals surface area contributed by atoms with Crippen molar-refractivity contribution in [2.45, 2.75) is 39.0 Å². The van der Waals surface area contributed by atoms with Gasteiger partial charge < -0.3 is 20.1 Å². The molecule has 0 heterocycles. The van der Waals surface area contributed by atoms with Crippen molar-refractivity contribution in [2.75, 3.05) is 24.4 Å². The molecule has 0 saturated heterocycles. The van der Waals surface area contributed by atoms with Gasteiger partial charge in [-0.1, -0.05) is 31.4 Å². The number of hydrogen-bond acceptors (Lipinski definition) is 4. The molecular formula is C23H28N2O4. The van der Waals surface area contributed by atoms with Gasteiger partial charge in [-0.2, -0.15) is 0 Å². The maximum Gasteiger partial charge on any atom is 0.262 e. The summed E-state index contributed by atoms with van der Waals surface area (Å²) in [6, 6.07) is 12.7. The second-order valence-electron chi connectivity index (χ2n) is 7.40. The highest BCUT2D eigenvalue weighted by atomic mass is 16.5. The molecule has 1 aliphatic carbocycles. The van der Waals surface area contributed by atoms with Gasteiger partial charge in [0.1, 0.15) is 0 Å². The third-order valence-corrected chi connectivity index (χ3v) is 5.07. The lowest BCUT2D eigenvalue weighted by molar-refractivity contribution is -0.120. The second kappa shape index (κ2) is 9.96. The fourth-order valence-corrected chi connectivity index (χ4v) is 3.52. The molecule has 1 fully saturated rings. The number of anilines is 2. The van der Waals surface area contributed by atoms with Gasteiger partial charge in [-0.25, -0.2) is 0 Å². The Kier molecular flexibility index (Phi) is 7.11. The lowest BCUT2D eigenvalue weighted by Gasteiger charge is -2.20. The monoisotopic (exact) mass is 396 g/mol. The minimum Gasteiger partial charge on any atom is -0.493 e. The fourth-order valence-electron chi connectivity index (χ4n) is 3.52. The van der Waals surface area contributed by atoms with E-state index in [1.54, 1.807) is 31.4 Å². The molecular weight excluding hydrogens is 368 g/mol. The molecule has 0 unspecified atom stereocenters. The Labute approximate surface area is 171 Å². The van der Waals surface area contributed by atoms with Crippen molar-refractivity contribution in [1.82, 2.24) is 0 Å². The maximum atomic E-state index is 12.4. The smallest absolute Gasteiger partial charge is 0.262 e. The van der Waals surface area contributed by atoms with E-state index in [2.05, 4.69) is 10.6 Å². The first-order valence-electron chi connectivity index (χ1n) is 10.0. The van der Waals surface area contributed by atoms with Crippen molar-refractivity contribution >= 4 is 23.2 Å². The fraction of sp³-hybridized carbons (Fsp3) is 0.391. The lowest BCUT2D eigenvalue weighted by atomic mass is 9.88. The third-order valence-electron chi connectivity index (χ3n) is 5.07. The second-order valence-corrected chi connectivity index (χ2v) is 7.40. The van der Waals surface area contributed by atoms with E-state index in [1.807, 2.05) is 25.1 Å². The van der Waals surface area contributed by atoms with Crippen molar-refractivity contribution < 1.29 is 19.1 Å². The van der Waals surface area contributed by atoms with Crippen LogP contribution >= 0.6 is 0 Å². The van der Waals surface area contributed by atoms with Crippen LogP contribution in [0.5, 0.6) is 11.5 Å². The number of ether oxygens (including phenoxy) is 2. The molecule has 0 aliphatic heterocycles. The van der Waals surface area contributed by atoms with Gasteiger partial charge in [0.15, 0.2) is 18.1 Å². The van der Waals surface area contributed by atoms with E-state index in [1.165, 1.54) is 6.42 Å². The number of aryl methyl sites for hydroxylation is 1. The van der Waals surface area contributed by atoms with Crippen molar-refractivity contribution in [3.05, 3.63) is 48.0 Å². The van der Waals surface area contributed by atoms with Crippen LogP contribution in [0.25, 0.3) is 0 Å². The number of carbonyl (C=O) groups is 2. The number of amides is 2. The Morgan fingerprint density at radius 3 is 2.41 bits per heavy atom. The number of methoxy groups -OCH3 is 1. The van der Waals surface area contributed by atoms with Gasteiger partial charge in [0.05, 0.1) is 7.11 Å². The van der Waals surface area contributed by atoms with E-state index in [0.717, 1.165) is 31.2 Å². The van der Waals surface area contributed by atoms with Gasteiger partial charge in [0.25, 0.3) is 5.91 Å². The van der Waals surface area contributed by atoms with Gasteiger partial charge >= 0.3 is 0 Å². The van der Waals surface area contributed by atoms with Crippen molar-refractivity contribution in [3.63, 3.8) is 0 Å². The highest BCUT2D eigenvalue weighted by Crippen LogP contribution is 2.28. The number of benzene rings is 2. The molecule has 2 N–H and O–H groups in total. The van der Waals surface area contributed by atoms with E-state index in [-0.39, 0.29) is 24.3 Å². The van der Waals surface area contributed by atoms with Crippen molar-refractivity contribution in [2.24, 2.45) is 5.92 Å². The van der Waals surface area contributed by atoms with Crippen LogP contribution in [0.3, 0.4) is 0 Å². The third kappa shape index (κ3) is 5.98. The normalized spacial score (nSPS) is 14.1. The van der Waals surface area contributed by atoms with Crippen LogP contribution in [0.15, 0.2) is 42.5 Å². The Morgan fingerprint density at radius 1 is 0.966 bits per heavy atom. The summed E-state index contributed by atoms with van der Waals surface area (Å²) in [5.74, 6) is 0.957. The molecule has 2 aromatic rings. The number of rotatable bonds is 7. The molecule has 3 rings (SSSR count). The molecule has 6 heteroatoms. The van der Waals surface area contributed by atoms with Gasteiger partial charge in [-0.05, 0) is 55.7 Å². The van der Waals surface area contributed by atoms with Gasteiger partial charge in [0, 0.05) is 17.3 Å². The summed E-state index contributed by atoms with van der Waals surface area (Å²) < 4.78 is 10.9. The zero-order valence-corrected chi connectivity index (χ0v) is 17.0. The summed E-state index contributed by atoms with van der Waals surface area (Å²) in [7, 11) is 1.56. The Balaban J connectivity index is 1.54. The summed E-state index contributed by atoms with van der Waals surface area (Å²) in [6.45, 7) is 1.82. The van der Waals surface area contributed by atoms with E-state index in [4.69, 9.17) is 9.47 Å². The Morgan fingerprint density at radius 2 is 1.69 bits per heavy atom. The molecule has 1 aliphatic rings. The predicted octanol–water partition coefficient (Wildman–Crippen LogP) is 4.54.